The van der Waals surface area contributed by atoms with Gasteiger partial charge in [-0.15, -0.1) is 0 Å². The third kappa shape index (κ3) is 3.55. The average Bonchev–Trinajstić information content (AvgIpc) is 2.14. The van der Waals surface area contributed by atoms with Crippen LogP contribution in [-0.2, 0) is 21.1 Å². The summed E-state index contributed by atoms with van der Waals surface area (Å²) in [5.41, 5.74) is -0.500. The van der Waals surface area contributed by atoms with Gasteiger partial charge in [0.2, 0.25) is 0 Å². The number of carboxylic acids is 1. The summed E-state index contributed by atoms with van der Waals surface area (Å²) in [5, 5.41) is 9.10. The highest BCUT2D eigenvalue weighted by atomic mass is 79.9. The van der Waals surface area contributed by atoms with Crippen molar-refractivity contribution < 1.29 is 18.3 Å². The zero-order chi connectivity index (χ0) is 14.1. The Labute approximate surface area is 115 Å². The van der Waals surface area contributed by atoms with Crippen molar-refractivity contribution in [3.05, 3.63) is 28.2 Å². The van der Waals surface area contributed by atoms with Gasteiger partial charge in [-0.3, -0.25) is 4.79 Å². The Morgan fingerprint density at radius 2 is 1.94 bits per heavy atom. The summed E-state index contributed by atoms with van der Waals surface area (Å²) in [6, 6.07) is 4.78. The highest BCUT2D eigenvalue weighted by Crippen LogP contribution is 2.28. The number of aliphatic carboxylic acids is 1. The third-order valence-corrected chi connectivity index (χ3v) is 4.32. The fraction of sp³-hybridized carbons (Fsp3) is 0.417. The molecule has 0 bridgehead atoms. The molecular weight excluding hydrogens is 320 g/mol. The summed E-state index contributed by atoms with van der Waals surface area (Å²) in [6.45, 7) is 3.14. The van der Waals surface area contributed by atoms with E-state index in [1.54, 1.807) is 26.0 Å². The van der Waals surface area contributed by atoms with E-state index in [0.29, 0.717) is 5.56 Å². The molecule has 0 saturated heterocycles. The molecule has 0 aliphatic heterocycles. The lowest BCUT2D eigenvalue weighted by Gasteiger charge is -2.20. The van der Waals surface area contributed by atoms with Crippen molar-refractivity contribution in [2.24, 2.45) is 5.41 Å². The van der Waals surface area contributed by atoms with Gasteiger partial charge in [-0.25, -0.2) is 8.42 Å². The number of halogens is 1. The molecule has 0 aromatic heterocycles. The highest BCUT2D eigenvalue weighted by Gasteiger charge is 2.29. The van der Waals surface area contributed by atoms with Gasteiger partial charge in [-0.2, -0.15) is 0 Å². The van der Waals surface area contributed by atoms with Crippen LogP contribution in [0, 0.1) is 5.41 Å². The maximum Gasteiger partial charge on any atom is 0.309 e. The first-order chi connectivity index (χ1) is 8.04. The molecule has 0 saturated carbocycles. The second-order valence-electron chi connectivity index (χ2n) is 4.89. The van der Waals surface area contributed by atoms with Crippen LogP contribution in [0.3, 0.4) is 0 Å². The molecule has 1 N–H and O–H groups in total. The molecule has 100 valence electrons. The van der Waals surface area contributed by atoms with Gasteiger partial charge in [0.15, 0.2) is 9.84 Å². The summed E-state index contributed by atoms with van der Waals surface area (Å²) in [6.07, 6.45) is 1.28. The minimum atomic E-state index is -3.36. The lowest BCUT2D eigenvalue weighted by molar-refractivity contribution is -0.146. The van der Waals surface area contributed by atoms with Gasteiger partial charge in [0, 0.05) is 10.7 Å². The fourth-order valence-corrected chi connectivity index (χ4v) is 2.93. The second-order valence-corrected chi connectivity index (χ2v) is 7.79. The number of hydrogen-bond donors (Lipinski definition) is 1. The number of carbonyl (C=O) groups is 1. The van der Waals surface area contributed by atoms with Crippen LogP contribution in [0.1, 0.15) is 19.4 Å². The number of hydrogen-bond acceptors (Lipinski definition) is 3. The first-order valence-electron chi connectivity index (χ1n) is 5.26. The van der Waals surface area contributed by atoms with E-state index >= 15 is 0 Å². The predicted octanol–water partition coefficient (Wildman–Crippen LogP) is 2.51. The van der Waals surface area contributed by atoms with Crippen molar-refractivity contribution in [2.45, 2.75) is 25.2 Å². The standard InChI is InChI=1S/C12H15BrO4S/c1-12(2,11(14)15)7-8-6-9(13)4-5-10(8)18(3,16)17/h4-6H,7H2,1-3H3,(H,14,15). The maximum atomic E-state index is 11.7. The fourth-order valence-electron chi connectivity index (χ4n) is 1.60. The normalized spacial score (nSPS) is 12.4. The molecule has 6 heteroatoms. The zero-order valence-electron chi connectivity index (χ0n) is 10.4. The molecule has 18 heavy (non-hydrogen) atoms. The SMILES string of the molecule is CC(C)(Cc1cc(Br)ccc1S(C)(=O)=O)C(=O)O. The van der Waals surface area contributed by atoms with Crippen molar-refractivity contribution in [1.82, 2.24) is 0 Å². The zero-order valence-corrected chi connectivity index (χ0v) is 12.8. The molecule has 1 rings (SSSR count). The van der Waals surface area contributed by atoms with Gasteiger partial charge in [-0.05, 0) is 44.0 Å². The van der Waals surface area contributed by atoms with Crippen molar-refractivity contribution in [2.75, 3.05) is 6.26 Å². The Balaban J connectivity index is 3.32. The third-order valence-electron chi connectivity index (χ3n) is 2.63. The molecular formula is C12H15BrO4S. The molecule has 0 aliphatic rings. The number of benzene rings is 1. The van der Waals surface area contributed by atoms with Crippen molar-refractivity contribution >= 4 is 31.7 Å². The van der Waals surface area contributed by atoms with Crippen LogP contribution < -0.4 is 0 Å². The van der Waals surface area contributed by atoms with Crippen molar-refractivity contribution in [1.29, 1.82) is 0 Å². The van der Waals surface area contributed by atoms with Gasteiger partial charge in [0.05, 0.1) is 10.3 Å². The van der Waals surface area contributed by atoms with Crippen LogP contribution in [0.4, 0.5) is 0 Å². The summed E-state index contributed by atoms with van der Waals surface area (Å²) in [4.78, 5) is 11.3. The summed E-state index contributed by atoms with van der Waals surface area (Å²) >= 11 is 3.27. The first kappa shape index (κ1) is 15.2. The average molecular weight is 335 g/mol. The molecule has 0 amide bonds. The minimum Gasteiger partial charge on any atom is -0.481 e. The van der Waals surface area contributed by atoms with E-state index in [4.69, 9.17) is 5.11 Å². The highest BCUT2D eigenvalue weighted by molar-refractivity contribution is 9.10. The largest absolute Gasteiger partial charge is 0.481 e. The lowest BCUT2D eigenvalue weighted by Crippen LogP contribution is -2.27. The van der Waals surface area contributed by atoms with E-state index in [2.05, 4.69) is 15.9 Å². The van der Waals surface area contributed by atoms with E-state index in [0.717, 1.165) is 10.7 Å². The minimum absolute atomic E-state index is 0.157. The van der Waals surface area contributed by atoms with E-state index in [9.17, 15) is 13.2 Å². The van der Waals surface area contributed by atoms with Gasteiger partial charge < -0.3 is 5.11 Å². The quantitative estimate of drug-likeness (QED) is 0.918. The molecule has 1 aromatic carbocycles. The Morgan fingerprint density at radius 3 is 2.39 bits per heavy atom. The van der Waals surface area contributed by atoms with Crippen LogP contribution in [0.2, 0.25) is 0 Å². The van der Waals surface area contributed by atoms with Crippen LogP contribution >= 0.6 is 15.9 Å². The molecule has 0 radical (unpaired) electrons. The monoisotopic (exact) mass is 334 g/mol. The molecule has 0 spiro atoms. The van der Waals surface area contributed by atoms with Crippen LogP contribution in [0.15, 0.2) is 27.6 Å². The van der Waals surface area contributed by atoms with Gasteiger partial charge in [-0.1, -0.05) is 15.9 Å². The Morgan fingerprint density at radius 1 is 1.39 bits per heavy atom. The summed E-state index contributed by atoms with van der Waals surface area (Å²) in [7, 11) is -3.36. The Kier molecular flexibility index (Phi) is 4.23. The molecule has 0 unspecified atom stereocenters. The first-order valence-corrected chi connectivity index (χ1v) is 7.94. The van der Waals surface area contributed by atoms with Crippen LogP contribution in [0.5, 0.6) is 0 Å². The van der Waals surface area contributed by atoms with Crippen LogP contribution in [-0.4, -0.2) is 25.7 Å². The number of sulfone groups is 1. The van der Waals surface area contributed by atoms with E-state index in [1.807, 2.05) is 0 Å². The van der Waals surface area contributed by atoms with Crippen LogP contribution in [0.25, 0.3) is 0 Å². The van der Waals surface area contributed by atoms with Crippen molar-refractivity contribution in [3.63, 3.8) is 0 Å². The molecule has 0 fully saturated rings. The number of rotatable bonds is 4. The van der Waals surface area contributed by atoms with E-state index in [1.165, 1.54) is 6.07 Å². The van der Waals surface area contributed by atoms with Gasteiger partial charge >= 0.3 is 5.97 Å². The Bertz CT molecular complexity index is 576. The Hall–Kier alpha value is -0.880. The molecule has 0 aliphatic carbocycles. The maximum absolute atomic E-state index is 11.7. The summed E-state index contributed by atoms with van der Waals surface area (Å²) < 4.78 is 24.0. The predicted molar refractivity (Wildman–Crippen MR) is 72.4 cm³/mol. The van der Waals surface area contributed by atoms with E-state index in [-0.39, 0.29) is 11.3 Å². The second kappa shape index (κ2) is 5.01. The lowest BCUT2D eigenvalue weighted by atomic mass is 9.86. The molecule has 0 atom stereocenters. The van der Waals surface area contributed by atoms with Gasteiger partial charge in [0.1, 0.15) is 0 Å². The van der Waals surface area contributed by atoms with Crippen molar-refractivity contribution in [3.8, 4) is 0 Å². The van der Waals surface area contributed by atoms with E-state index < -0.39 is 21.2 Å². The van der Waals surface area contributed by atoms with Gasteiger partial charge in [0.25, 0.3) is 0 Å². The number of carboxylic acid groups (broad SMARTS) is 1. The molecule has 1 aromatic rings. The molecule has 4 nitrogen and oxygen atoms in total. The topological polar surface area (TPSA) is 71.4 Å². The smallest absolute Gasteiger partial charge is 0.309 e. The summed E-state index contributed by atoms with van der Waals surface area (Å²) in [5.74, 6) is -0.957. The molecule has 0 heterocycles.